The number of rotatable bonds is 8. The van der Waals surface area contributed by atoms with E-state index in [1.165, 1.54) is 0 Å². The molecule has 1 heterocycles. The molecule has 5 heteroatoms. The van der Waals surface area contributed by atoms with Crippen molar-refractivity contribution in [3.63, 3.8) is 0 Å². The Bertz CT molecular complexity index is 649. The normalized spacial score (nSPS) is 12.2. The van der Waals surface area contributed by atoms with Crippen LogP contribution in [0.2, 0.25) is 5.02 Å². The summed E-state index contributed by atoms with van der Waals surface area (Å²) in [5, 5.41) is 0.580. The lowest BCUT2D eigenvalue weighted by Gasteiger charge is -2.25. The molecule has 1 atom stereocenters. The summed E-state index contributed by atoms with van der Waals surface area (Å²) < 4.78 is 11.3. The van der Waals surface area contributed by atoms with Gasteiger partial charge in [0.2, 0.25) is 0 Å². The van der Waals surface area contributed by atoms with Crippen LogP contribution >= 0.6 is 11.6 Å². The molecule has 0 fully saturated rings. The number of hydrogen-bond donors (Lipinski definition) is 0. The lowest BCUT2D eigenvalue weighted by molar-refractivity contribution is 0.247. The van der Waals surface area contributed by atoms with Gasteiger partial charge < -0.3 is 9.47 Å². The van der Waals surface area contributed by atoms with Gasteiger partial charge in [-0.2, -0.15) is 0 Å². The Morgan fingerprint density at radius 2 is 1.92 bits per heavy atom. The first-order valence-electron chi connectivity index (χ1n) is 8.26. The maximum atomic E-state index is 6.39. The Kier molecular flexibility index (Phi) is 6.88. The molecule has 0 saturated carbocycles. The van der Waals surface area contributed by atoms with Gasteiger partial charge in [-0.15, -0.1) is 0 Å². The van der Waals surface area contributed by atoms with E-state index in [1.807, 2.05) is 50.4 Å². The van der Waals surface area contributed by atoms with E-state index in [0.29, 0.717) is 29.7 Å². The molecule has 0 saturated heterocycles. The fraction of sp³-hybridized carbons (Fsp3) is 0.421. The molecule has 0 aliphatic heterocycles. The quantitative estimate of drug-likeness (QED) is 0.691. The van der Waals surface area contributed by atoms with Crippen LogP contribution in [0.4, 0.5) is 0 Å². The monoisotopic (exact) mass is 348 g/mol. The number of pyridine rings is 1. The Morgan fingerprint density at radius 3 is 2.54 bits per heavy atom. The molecule has 1 aromatic heterocycles. The van der Waals surface area contributed by atoms with E-state index in [9.17, 15) is 0 Å². The van der Waals surface area contributed by atoms with Crippen molar-refractivity contribution in [2.45, 2.75) is 33.4 Å². The number of benzene rings is 1. The van der Waals surface area contributed by atoms with Gasteiger partial charge in [0.05, 0.1) is 23.9 Å². The number of aromatic nitrogens is 1. The third kappa shape index (κ3) is 4.62. The highest BCUT2D eigenvalue weighted by molar-refractivity contribution is 6.32. The van der Waals surface area contributed by atoms with Crippen LogP contribution in [0.1, 0.15) is 38.1 Å². The molecule has 1 aromatic carbocycles. The van der Waals surface area contributed by atoms with E-state index >= 15 is 0 Å². The van der Waals surface area contributed by atoms with Crippen molar-refractivity contribution in [2.75, 3.05) is 20.3 Å². The zero-order valence-corrected chi connectivity index (χ0v) is 15.5. The van der Waals surface area contributed by atoms with Crippen LogP contribution in [0.5, 0.6) is 11.5 Å². The van der Waals surface area contributed by atoms with E-state index in [1.54, 1.807) is 0 Å². The summed E-state index contributed by atoms with van der Waals surface area (Å²) in [6, 6.07) is 10.1. The highest BCUT2D eigenvalue weighted by atomic mass is 35.5. The van der Waals surface area contributed by atoms with Crippen LogP contribution in [0.15, 0.2) is 36.5 Å². The number of ether oxygens (including phenoxy) is 2. The number of nitrogens with zero attached hydrogens (tertiary/aromatic N) is 2. The summed E-state index contributed by atoms with van der Waals surface area (Å²) in [6.45, 7) is 7.88. The van der Waals surface area contributed by atoms with Crippen LogP contribution in [0, 0.1) is 0 Å². The van der Waals surface area contributed by atoms with Crippen molar-refractivity contribution >= 4 is 11.6 Å². The standard InChI is InChI=1S/C19H25ClN2O2/c1-5-23-18-12-15(11-16(20)19(18)24-6-2)13-22(4)14(3)17-9-7-8-10-21-17/h7-12,14H,5-6,13H2,1-4H3. The van der Waals surface area contributed by atoms with Crippen LogP contribution in [-0.2, 0) is 6.54 Å². The molecule has 0 amide bonds. The molecule has 130 valence electrons. The van der Waals surface area contributed by atoms with Gasteiger partial charge in [0, 0.05) is 18.8 Å². The van der Waals surface area contributed by atoms with Crippen molar-refractivity contribution in [3.05, 3.63) is 52.8 Å². The van der Waals surface area contributed by atoms with Crippen LogP contribution in [0.3, 0.4) is 0 Å². The van der Waals surface area contributed by atoms with Gasteiger partial charge in [-0.25, -0.2) is 0 Å². The number of hydrogen-bond acceptors (Lipinski definition) is 4. The fourth-order valence-corrected chi connectivity index (χ4v) is 2.82. The van der Waals surface area contributed by atoms with Gasteiger partial charge in [0.1, 0.15) is 0 Å². The molecule has 0 aliphatic rings. The lowest BCUT2D eigenvalue weighted by Crippen LogP contribution is -2.22. The lowest BCUT2D eigenvalue weighted by atomic mass is 10.1. The minimum Gasteiger partial charge on any atom is -0.490 e. The SMILES string of the molecule is CCOc1cc(CN(C)C(C)c2ccccn2)cc(Cl)c1OCC. The van der Waals surface area contributed by atoms with Gasteiger partial charge in [-0.1, -0.05) is 17.7 Å². The van der Waals surface area contributed by atoms with Crippen molar-refractivity contribution < 1.29 is 9.47 Å². The van der Waals surface area contributed by atoms with E-state index in [0.717, 1.165) is 17.8 Å². The largest absolute Gasteiger partial charge is 0.490 e. The predicted molar refractivity (Wildman–Crippen MR) is 97.9 cm³/mol. The van der Waals surface area contributed by atoms with E-state index in [2.05, 4.69) is 23.9 Å². The number of halogens is 1. The third-order valence-electron chi connectivity index (χ3n) is 3.87. The molecular formula is C19H25ClN2O2. The van der Waals surface area contributed by atoms with E-state index < -0.39 is 0 Å². The predicted octanol–water partition coefficient (Wildman–Crippen LogP) is 4.73. The Balaban J connectivity index is 2.19. The second kappa shape index (κ2) is 8.90. The first kappa shape index (κ1) is 18.6. The van der Waals surface area contributed by atoms with Crippen molar-refractivity contribution in [2.24, 2.45) is 0 Å². The van der Waals surface area contributed by atoms with Crippen molar-refractivity contribution in [3.8, 4) is 11.5 Å². The van der Waals surface area contributed by atoms with E-state index in [-0.39, 0.29) is 6.04 Å². The summed E-state index contributed by atoms with van der Waals surface area (Å²) in [5.41, 5.74) is 2.12. The Hall–Kier alpha value is -1.78. The molecule has 24 heavy (non-hydrogen) atoms. The Morgan fingerprint density at radius 1 is 1.17 bits per heavy atom. The first-order valence-corrected chi connectivity index (χ1v) is 8.63. The van der Waals surface area contributed by atoms with Crippen molar-refractivity contribution in [1.82, 2.24) is 9.88 Å². The van der Waals surface area contributed by atoms with Gasteiger partial charge >= 0.3 is 0 Å². The average Bonchev–Trinajstić information content (AvgIpc) is 2.58. The highest BCUT2D eigenvalue weighted by Gasteiger charge is 2.16. The molecule has 0 radical (unpaired) electrons. The molecule has 0 spiro atoms. The van der Waals surface area contributed by atoms with Crippen LogP contribution < -0.4 is 9.47 Å². The average molecular weight is 349 g/mol. The van der Waals surface area contributed by atoms with Crippen LogP contribution in [-0.4, -0.2) is 30.1 Å². The molecular weight excluding hydrogens is 324 g/mol. The summed E-state index contributed by atoms with van der Waals surface area (Å²) in [7, 11) is 2.07. The second-order valence-electron chi connectivity index (χ2n) is 5.62. The zero-order valence-electron chi connectivity index (χ0n) is 14.8. The van der Waals surface area contributed by atoms with Crippen molar-refractivity contribution in [1.29, 1.82) is 0 Å². The minimum atomic E-state index is 0.201. The van der Waals surface area contributed by atoms with Crippen LogP contribution in [0.25, 0.3) is 0 Å². The summed E-state index contributed by atoms with van der Waals surface area (Å²) in [6.07, 6.45) is 1.82. The smallest absolute Gasteiger partial charge is 0.179 e. The first-order chi connectivity index (χ1) is 11.6. The molecule has 0 aliphatic carbocycles. The second-order valence-corrected chi connectivity index (χ2v) is 6.02. The fourth-order valence-electron chi connectivity index (χ4n) is 2.53. The summed E-state index contributed by atoms with van der Waals surface area (Å²) in [4.78, 5) is 6.66. The molecule has 4 nitrogen and oxygen atoms in total. The molecule has 0 N–H and O–H groups in total. The topological polar surface area (TPSA) is 34.6 Å². The minimum absolute atomic E-state index is 0.201. The maximum Gasteiger partial charge on any atom is 0.179 e. The van der Waals surface area contributed by atoms with Gasteiger partial charge in [-0.3, -0.25) is 9.88 Å². The van der Waals surface area contributed by atoms with Gasteiger partial charge in [-0.05, 0) is 57.6 Å². The van der Waals surface area contributed by atoms with E-state index in [4.69, 9.17) is 21.1 Å². The van der Waals surface area contributed by atoms with Gasteiger partial charge in [0.15, 0.2) is 11.5 Å². The highest BCUT2D eigenvalue weighted by Crippen LogP contribution is 2.37. The molecule has 2 aromatic rings. The molecule has 1 unspecified atom stereocenters. The molecule has 2 rings (SSSR count). The molecule has 0 bridgehead atoms. The zero-order chi connectivity index (χ0) is 17.5. The maximum absolute atomic E-state index is 6.39. The summed E-state index contributed by atoms with van der Waals surface area (Å²) >= 11 is 6.39. The third-order valence-corrected chi connectivity index (χ3v) is 4.15. The Labute approximate surface area is 149 Å². The summed E-state index contributed by atoms with van der Waals surface area (Å²) in [5.74, 6) is 1.31. The van der Waals surface area contributed by atoms with Gasteiger partial charge in [0.25, 0.3) is 0 Å².